The molecule has 0 saturated carbocycles. The Balaban J connectivity index is 1.86. The molecule has 24 heavy (non-hydrogen) atoms. The summed E-state index contributed by atoms with van der Waals surface area (Å²) in [4.78, 5) is 31.4. The number of nitrogens with zero attached hydrogens (tertiary/aromatic N) is 2. The highest BCUT2D eigenvalue weighted by atomic mass is 16.2. The molecule has 0 saturated heterocycles. The number of hydrogen-bond acceptors (Lipinski definition) is 4. The van der Waals surface area contributed by atoms with Crippen LogP contribution in [0.1, 0.15) is 20.8 Å². The van der Waals surface area contributed by atoms with Gasteiger partial charge in [-0.25, -0.2) is 0 Å². The molecule has 3 aromatic rings. The van der Waals surface area contributed by atoms with Gasteiger partial charge in [0.05, 0.1) is 17.4 Å². The number of anilines is 1. The molecule has 0 atom stereocenters. The zero-order valence-electron chi connectivity index (χ0n) is 12.6. The van der Waals surface area contributed by atoms with Gasteiger partial charge in [-0.2, -0.15) is 0 Å². The summed E-state index contributed by atoms with van der Waals surface area (Å²) in [7, 11) is 0. The predicted molar refractivity (Wildman–Crippen MR) is 90.4 cm³/mol. The Bertz CT molecular complexity index is 877. The van der Waals surface area contributed by atoms with Crippen LogP contribution >= 0.6 is 0 Å². The fourth-order valence-electron chi connectivity index (χ4n) is 2.22. The van der Waals surface area contributed by atoms with Crippen LogP contribution in [-0.4, -0.2) is 21.8 Å². The minimum atomic E-state index is -0.590. The van der Waals surface area contributed by atoms with Crippen LogP contribution in [0.3, 0.4) is 0 Å². The highest BCUT2D eigenvalue weighted by Gasteiger charge is 2.12. The first kappa shape index (κ1) is 15.4. The molecule has 2 heterocycles. The molecular formula is C18H14N4O2. The zero-order valence-corrected chi connectivity index (χ0v) is 12.6. The van der Waals surface area contributed by atoms with E-state index in [2.05, 4.69) is 15.3 Å². The van der Waals surface area contributed by atoms with Gasteiger partial charge in [0, 0.05) is 18.0 Å². The maximum absolute atomic E-state index is 12.4. The Morgan fingerprint density at radius 1 is 0.958 bits per heavy atom. The largest absolute Gasteiger partial charge is 0.366 e. The average molecular weight is 318 g/mol. The summed E-state index contributed by atoms with van der Waals surface area (Å²) in [5, 5.41) is 2.79. The standard InChI is InChI=1S/C18H14N4O2/c19-17(23)13-6-7-15(21-10-13)18(24)22-16-11-20-9-8-14(16)12-4-2-1-3-5-12/h1-11H,(H2,19,23)(H,22,24). The summed E-state index contributed by atoms with van der Waals surface area (Å²) in [6, 6.07) is 14.4. The van der Waals surface area contributed by atoms with Crippen molar-refractivity contribution >= 4 is 17.5 Å². The summed E-state index contributed by atoms with van der Waals surface area (Å²) < 4.78 is 0. The molecule has 2 aromatic heterocycles. The monoisotopic (exact) mass is 318 g/mol. The number of aromatic nitrogens is 2. The summed E-state index contributed by atoms with van der Waals surface area (Å²) in [5.41, 5.74) is 7.99. The second-order valence-corrected chi connectivity index (χ2v) is 5.04. The topological polar surface area (TPSA) is 98.0 Å². The average Bonchev–Trinajstić information content (AvgIpc) is 2.63. The number of nitrogens with one attached hydrogen (secondary N) is 1. The van der Waals surface area contributed by atoms with Gasteiger partial charge in [-0.1, -0.05) is 30.3 Å². The molecule has 1 aromatic carbocycles. The molecule has 2 amide bonds. The van der Waals surface area contributed by atoms with E-state index in [1.165, 1.54) is 18.3 Å². The number of carbonyl (C=O) groups excluding carboxylic acids is 2. The molecule has 6 heteroatoms. The Morgan fingerprint density at radius 3 is 2.42 bits per heavy atom. The number of amides is 2. The van der Waals surface area contributed by atoms with E-state index in [1.54, 1.807) is 12.4 Å². The van der Waals surface area contributed by atoms with E-state index in [9.17, 15) is 9.59 Å². The Kier molecular flexibility index (Phi) is 4.29. The van der Waals surface area contributed by atoms with Gasteiger partial charge in [0.25, 0.3) is 5.91 Å². The lowest BCUT2D eigenvalue weighted by atomic mass is 10.1. The fourth-order valence-corrected chi connectivity index (χ4v) is 2.22. The molecule has 6 nitrogen and oxygen atoms in total. The molecule has 3 N–H and O–H groups in total. The Hall–Kier alpha value is -3.54. The van der Waals surface area contributed by atoms with Crippen molar-refractivity contribution in [3.05, 3.63) is 78.4 Å². The number of carbonyl (C=O) groups is 2. The van der Waals surface area contributed by atoms with Crippen LogP contribution in [0.25, 0.3) is 11.1 Å². The number of hydrogen-bond donors (Lipinski definition) is 2. The SMILES string of the molecule is NC(=O)c1ccc(C(=O)Nc2cnccc2-c2ccccc2)nc1. The van der Waals surface area contributed by atoms with Crippen molar-refractivity contribution in [2.45, 2.75) is 0 Å². The summed E-state index contributed by atoms with van der Waals surface area (Å²) in [6.07, 6.45) is 4.52. The molecule has 0 aliphatic carbocycles. The lowest BCUT2D eigenvalue weighted by Gasteiger charge is -2.10. The Labute approximate surface area is 138 Å². The molecule has 0 unspecified atom stereocenters. The Morgan fingerprint density at radius 2 is 1.75 bits per heavy atom. The lowest BCUT2D eigenvalue weighted by Crippen LogP contribution is -2.16. The lowest BCUT2D eigenvalue weighted by molar-refractivity contribution is 0.0993. The number of primary amides is 1. The van der Waals surface area contributed by atoms with Gasteiger partial charge in [0.15, 0.2) is 0 Å². The quantitative estimate of drug-likeness (QED) is 0.772. The normalized spacial score (nSPS) is 10.2. The van der Waals surface area contributed by atoms with Gasteiger partial charge in [0.2, 0.25) is 5.91 Å². The number of pyridine rings is 2. The van der Waals surface area contributed by atoms with Gasteiger partial charge < -0.3 is 11.1 Å². The molecule has 0 aliphatic heterocycles. The molecule has 118 valence electrons. The van der Waals surface area contributed by atoms with E-state index >= 15 is 0 Å². The molecule has 3 rings (SSSR count). The van der Waals surface area contributed by atoms with Crippen molar-refractivity contribution in [2.75, 3.05) is 5.32 Å². The summed E-state index contributed by atoms with van der Waals surface area (Å²) >= 11 is 0. The highest BCUT2D eigenvalue weighted by Crippen LogP contribution is 2.26. The maximum atomic E-state index is 12.4. The van der Waals surface area contributed by atoms with Crippen LogP contribution in [0.15, 0.2) is 67.1 Å². The van der Waals surface area contributed by atoms with Crippen LogP contribution in [0.4, 0.5) is 5.69 Å². The smallest absolute Gasteiger partial charge is 0.274 e. The highest BCUT2D eigenvalue weighted by molar-refractivity contribution is 6.05. The minimum absolute atomic E-state index is 0.183. The van der Waals surface area contributed by atoms with Gasteiger partial charge in [-0.05, 0) is 23.8 Å². The first-order chi connectivity index (χ1) is 11.6. The van der Waals surface area contributed by atoms with Crippen molar-refractivity contribution in [3.8, 4) is 11.1 Å². The molecule has 0 radical (unpaired) electrons. The van der Waals surface area contributed by atoms with Crippen molar-refractivity contribution in [1.82, 2.24) is 9.97 Å². The van der Waals surface area contributed by atoms with Crippen LogP contribution in [0.2, 0.25) is 0 Å². The number of benzene rings is 1. The third kappa shape index (κ3) is 3.27. The molecule has 0 fully saturated rings. The second-order valence-electron chi connectivity index (χ2n) is 5.04. The number of rotatable bonds is 4. The molecule has 0 spiro atoms. The van der Waals surface area contributed by atoms with Crippen LogP contribution < -0.4 is 11.1 Å². The van der Waals surface area contributed by atoms with E-state index in [0.717, 1.165) is 11.1 Å². The van der Waals surface area contributed by atoms with Gasteiger partial charge in [0.1, 0.15) is 5.69 Å². The van der Waals surface area contributed by atoms with Crippen molar-refractivity contribution in [2.24, 2.45) is 5.73 Å². The number of nitrogens with two attached hydrogens (primary N) is 1. The van der Waals surface area contributed by atoms with Crippen molar-refractivity contribution in [3.63, 3.8) is 0 Å². The van der Waals surface area contributed by atoms with Crippen LogP contribution in [0, 0.1) is 0 Å². The predicted octanol–water partition coefficient (Wildman–Crippen LogP) is 2.49. The van der Waals surface area contributed by atoms with E-state index in [-0.39, 0.29) is 11.3 Å². The van der Waals surface area contributed by atoms with E-state index in [1.807, 2.05) is 36.4 Å². The van der Waals surface area contributed by atoms with E-state index in [4.69, 9.17) is 5.73 Å². The molecule has 0 bridgehead atoms. The molecule has 0 aliphatic rings. The van der Waals surface area contributed by atoms with Gasteiger partial charge in [-0.3, -0.25) is 19.6 Å². The van der Waals surface area contributed by atoms with Crippen molar-refractivity contribution in [1.29, 1.82) is 0 Å². The molecular weight excluding hydrogens is 304 g/mol. The van der Waals surface area contributed by atoms with Gasteiger partial charge >= 0.3 is 0 Å². The van der Waals surface area contributed by atoms with Crippen molar-refractivity contribution < 1.29 is 9.59 Å². The maximum Gasteiger partial charge on any atom is 0.274 e. The minimum Gasteiger partial charge on any atom is -0.366 e. The summed E-state index contributed by atoms with van der Waals surface area (Å²) in [5.74, 6) is -0.982. The van der Waals surface area contributed by atoms with Crippen LogP contribution in [-0.2, 0) is 0 Å². The fraction of sp³-hybridized carbons (Fsp3) is 0. The first-order valence-corrected chi connectivity index (χ1v) is 7.22. The van der Waals surface area contributed by atoms with Crippen LogP contribution in [0.5, 0.6) is 0 Å². The van der Waals surface area contributed by atoms with E-state index in [0.29, 0.717) is 5.69 Å². The first-order valence-electron chi connectivity index (χ1n) is 7.22. The zero-order chi connectivity index (χ0) is 16.9. The van der Waals surface area contributed by atoms with Gasteiger partial charge in [-0.15, -0.1) is 0 Å². The second kappa shape index (κ2) is 6.70. The third-order valence-electron chi connectivity index (χ3n) is 3.43. The third-order valence-corrected chi connectivity index (χ3v) is 3.43. The van der Waals surface area contributed by atoms with E-state index < -0.39 is 11.8 Å². The summed E-state index contributed by atoms with van der Waals surface area (Å²) in [6.45, 7) is 0.